The Labute approximate surface area is 111 Å². The first-order valence-electron chi connectivity index (χ1n) is 6.60. The van der Waals surface area contributed by atoms with Gasteiger partial charge in [-0.05, 0) is 46.0 Å². The van der Waals surface area contributed by atoms with E-state index >= 15 is 0 Å². The van der Waals surface area contributed by atoms with E-state index in [1.54, 1.807) is 20.8 Å². The van der Waals surface area contributed by atoms with Crippen molar-refractivity contribution >= 4 is 21.4 Å². The van der Waals surface area contributed by atoms with Gasteiger partial charge in [0.2, 0.25) is 0 Å². The Balaban J connectivity index is 2.55. The van der Waals surface area contributed by atoms with E-state index in [4.69, 9.17) is 11.6 Å². The molecule has 0 aliphatic heterocycles. The van der Waals surface area contributed by atoms with Crippen molar-refractivity contribution in [1.29, 1.82) is 0 Å². The highest BCUT2D eigenvalue weighted by molar-refractivity contribution is 7.92. The molecule has 2 atom stereocenters. The van der Waals surface area contributed by atoms with Crippen LogP contribution in [0.1, 0.15) is 59.3 Å². The van der Waals surface area contributed by atoms with E-state index in [9.17, 15) is 8.42 Å². The van der Waals surface area contributed by atoms with E-state index in [1.807, 2.05) is 0 Å². The van der Waals surface area contributed by atoms with Gasteiger partial charge in [-0.1, -0.05) is 19.3 Å². The zero-order valence-electron chi connectivity index (χ0n) is 11.2. The van der Waals surface area contributed by atoms with Crippen molar-refractivity contribution in [2.75, 3.05) is 5.75 Å². The molecule has 1 rings (SSSR count). The molecule has 0 radical (unpaired) electrons. The van der Waals surface area contributed by atoms with Crippen LogP contribution in [-0.4, -0.2) is 24.3 Å². The summed E-state index contributed by atoms with van der Waals surface area (Å²) in [7, 11) is -2.99. The first-order chi connectivity index (χ1) is 7.74. The number of sulfone groups is 1. The van der Waals surface area contributed by atoms with Gasteiger partial charge in [-0.25, -0.2) is 8.42 Å². The molecule has 0 spiro atoms. The lowest BCUT2D eigenvalue weighted by Gasteiger charge is -2.23. The Kier molecular flexibility index (Phi) is 5.33. The molecular weight excluding hydrogens is 256 g/mol. The molecule has 0 heterocycles. The van der Waals surface area contributed by atoms with Gasteiger partial charge in [0.1, 0.15) is 0 Å². The summed E-state index contributed by atoms with van der Waals surface area (Å²) in [6.07, 6.45) is 6.50. The van der Waals surface area contributed by atoms with Crippen LogP contribution in [0.2, 0.25) is 0 Å². The topological polar surface area (TPSA) is 34.1 Å². The maximum absolute atomic E-state index is 12.0. The lowest BCUT2D eigenvalue weighted by Crippen LogP contribution is -2.32. The summed E-state index contributed by atoms with van der Waals surface area (Å²) in [5.74, 6) is 0.668. The minimum Gasteiger partial charge on any atom is -0.228 e. The van der Waals surface area contributed by atoms with Gasteiger partial charge in [0.05, 0.1) is 10.5 Å². The first-order valence-corrected chi connectivity index (χ1v) is 8.69. The average molecular weight is 281 g/mol. The van der Waals surface area contributed by atoms with Gasteiger partial charge in [0.25, 0.3) is 0 Å². The molecule has 0 aromatic rings. The SMILES string of the molecule is CC(C)(C)S(=O)(=O)CCC1CCCCCC1Cl. The number of hydrogen-bond donors (Lipinski definition) is 0. The van der Waals surface area contributed by atoms with Crippen LogP contribution in [0.25, 0.3) is 0 Å². The molecule has 17 heavy (non-hydrogen) atoms. The molecule has 1 fully saturated rings. The zero-order chi connectivity index (χ0) is 13.1. The Bertz CT molecular complexity index is 330. The van der Waals surface area contributed by atoms with Gasteiger partial charge in [0.15, 0.2) is 9.84 Å². The van der Waals surface area contributed by atoms with Crippen LogP contribution in [0.15, 0.2) is 0 Å². The molecule has 2 nitrogen and oxygen atoms in total. The molecule has 0 N–H and O–H groups in total. The summed E-state index contributed by atoms with van der Waals surface area (Å²) in [6.45, 7) is 5.31. The molecule has 0 aromatic carbocycles. The predicted molar refractivity (Wildman–Crippen MR) is 74.4 cm³/mol. The molecule has 102 valence electrons. The van der Waals surface area contributed by atoms with E-state index in [0.29, 0.717) is 5.92 Å². The summed E-state index contributed by atoms with van der Waals surface area (Å²) >= 11 is 6.34. The molecule has 4 heteroatoms. The summed E-state index contributed by atoms with van der Waals surface area (Å²) in [5, 5.41) is 0.174. The molecule has 1 aliphatic carbocycles. The standard InChI is InChI=1S/C13H25ClO2S/c1-13(2,3)17(15,16)10-9-11-7-5-4-6-8-12(11)14/h11-12H,4-10H2,1-3H3. The van der Waals surface area contributed by atoms with Crippen LogP contribution in [0.5, 0.6) is 0 Å². The fourth-order valence-electron chi connectivity index (χ4n) is 2.28. The predicted octanol–water partition coefficient (Wildman–Crippen LogP) is 3.78. The summed E-state index contributed by atoms with van der Waals surface area (Å²) in [5.41, 5.74) is 0. The Hall–Kier alpha value is 0.240. The molecule has 2 unspecified atom stereocenters. The van der Waals surface area contributed by atoms with Crippen molar-refractivity contribution < 1.29 is 8.42 Å². The maximum Gasteiger partial charge on any atom is 0.155 e. The van der Waals surface area contributed by atoms with Gasteiger partial charge >= 0.3 is 0 Å². The van der Waals surface area contributed by atoms with Crippen molar-refractivity contribution in [1.82, 2.24) is 0 Å². The van der Waals surface area contributed by atoms with Crippen LogP contribution >= 0.6 is 11.6 Å². The normalized spacial score (nSPS) is 27.8. The molecule has 0 bridgehead atoms. The van der Waals surface area contributed by atoms with Crippen molar-refractivity contribution in [2.24, 2.45) is 5.92 Å². The highest BCUT2D eigenvalue weighted by atomic mass is 35.5. The van der Waals surface area contributed by atoms with E-state index in [2.05, 4.69) is 0 Å². The van der Waals surface area contributed by atoms with Gasteiger partial charge in [-0.2, -0.15) is 0 Å². The number of hydrogen-bond acceptors (Lipinski definition) is 2. The highest BCUT2D eigenvalue weighted by Gasteiger charge is 2.31. The molecule has 0 aromatic heterocycles. The number of rotatable bonds is 3. The van der Waals surface area contributed by atoms with Gasteiger partial charge in [-0.3, -0.25) is 0 Å². The molecule has 1 saturated carbocycles. The third-order valence-electron chi connectivity index (χ3n) is 3.76. The molecule has 0 amide bonds. The van der Waals surface area contributed by atoms with Crippen LogP contribution < -0.4 is 0 Å². The van der Waals surface area contributed by atoms with Crippen LogP contribution in [0.4, 0.5) is 0 Å². The number of halogens is 1. The van der Waals surface area contributed by atoms with Crippen molar-refractivity contribution in [2.45, 2.75) is 69.4 Å². The first kappa shape index (κ1) is 15.3. The smallest absolute Gasteiger partial charge is 0.155 e. The lowest BCUT2D eigenvalue weighted by molar-refractivity contribution is 0.449. The fraction of sp³-hybridized carbons (Fsp3) is 1.00. The highest BCUT2D eigenvalue weighted by Crippen LogP contribution is 2.31. The minimum atomic E-state index is -2.99. The molecule has 0 saturated heterocycles. The zero-order valence-corrected chi connectivity index (χ0v) is 12.8. The molecular formula is C13H25ClO2S. The van der Waals surface area contributed by atoms with Crippen molar-refractivity contribution in [3.05, 3.63) is 0 Å². The monoisotopic (exact) mass is 280 g/mol. The van der Waals surface area contributed by atoms with Crippen LogP contribution in [0, 0.1) is 5.92 Å². The van der Waals surface area contributed by atoms with Gasteiger partial charge < -0.3 is 0 Å². The van der Waals surface area contributed by atoms with E-state index in [-0.39, 0.29) is 11.1 Å². The third-order valence-corrected chi connectivity index (χ3v) is 6.97. The van der Waals surface area contributed by atoms with Crippen molar-refractivity contribution in [3.8, 4) is 0 Å². The van der Waals surface area contributed by atoms with Crippen LogP contribution in [0.3, 0.4) is 0 Å². The van der Waals surface area contributed by atoms with Crippen LogP contribution in [-0.2, 0) is 9.84 Å². The average Bonchev–Trinajstić information content (AvgIpc) is 2.38. The summed E-state index contributed by atoms with van der Waals surface area (Å²) in [4.78, 5) is 0. The number of alkyl halides is 1. The maximum atomic E-state index is 12.0. The minimum absolute atomic E-state index is 0.174. The third kappa shape index (κ3) is 4.44. The summed E-state index contributed by atoms with van der Waals surface area (Å²) < 4.78 is 23.4. The van der Waals surface area contributed by atoms with E-state index < -0.39 is 14.6 Å². The Morgan fingerprint density at radius 3 is 2.29 bits per heavy atom. The Morgan fingerprint density at radius 2 is 1.71 bits per heavy atom. The van der Waals surface area contributed by atoms with E-state index in [1.165, 1.54) is 19.3 Å². The van der Waals surface area contributed by atoms with E-state index in [0.717, 1.165) is 19.3 Å². The molecule has 1 aliphatic rings. The quantitative estimate of drug-likeness (QED) is 0.582. The lowest BCUT2D eigenvalue weighted by atomic mass is 9.97. The summed E-state index contributed by atoms with van der Waals surface area (Å²) in [6, 6.07) is 0. The second-order valence-electron chi connectivity index (χ2n) is 6.13. The van der Waals surface area contributed by atoms with Gasteiger partial charge in [0, 0.05) is 5.38 Å². The van der Waals surface area contributed by atoms with Crippen molar-refractivity contribution in [3.63, 3.8) is 0 Å². The second kappa shape index (κ2) is 5.92. The van der Waals surface area contributed by atoms with Gasteiger partial charge in [-0.15, -0.1) is 11.6 Å². The fourth-order valence-corrected chi connectivity index (χ4v) is 3.91. The largest absolute Gasteiger partial charge is 0.228 e. The Morgan fingerprint density at radius 1 is 1.12 bits per heavy atom. The second-order valence-corrected chi connectivity index (χ2v) is 9.56.